The summed E-state index contributed by atoms with van der Waals surface area (Å²) in [6.45, 7) is 6.86. The lowest BCUT2D eigenvalue weighted by Crippen LogP contribution is -2.16. The van der Waals surface area contributed by atoms with Gasteiger partial charge >= 0.3 is 0 Å². The molecule has 0 spiro atoms. The lowest BCUT2D eigenvalue weighted by atomic mass is 9.82. The highest BCUT2D eigenvalue weighted by Crippen LogP contribution is 2.50. The van der Waals surface area contributed by atoms with Gasteiger partial charge in [-0.15, -0.1) is 0 Å². The molecule has 0 bridgehead atoms. The number of rotatable bonds is 3. The summed E-state index contributed by atoms with van der Waals surface area (Å²) >= 11 is 0. The normalized spacial score (nSPS) is 13.6. The Morgan fingerprint density at radius 3 is 1.66 bits per heavy atom. The first-order valence-electron chi connectivity index (χ1n) is 10.2. The Morgan fingerprint density at radius 2 is 1.07 bits per heavy atom. The van der Waals surface area contributed by atoms with Crippen LogP contribution in [0.3, 0.4) is 0 Å². The summed E-state index contributed by atoms with van der Waals surface area (Å²) in [6, 6.07) is 35.0. The van der Waals surface area contributed by atoms with E-state index in [0.29, 0.717) is 0 Å². The van der Waals surface area contributed by atoms with E-state index in [1.165, 1.54) is 44.9 Å². The van der Waals surface area contributed by atoms with Gasteiger partial charge in [0.15, 0.2) is 0 Å². The molecule has 4 aromatic carbocycles. The van der Waals surface area contributed by atoms with Crippen molar-refractivity contribution in [2.45, 2.75) is 26.2 Å². The van der Waals surface area contributed by atoms with Crippen molar-refractivity contribution < 1.29 is 0 Å². The molecule has 0 aromatic heterocycles. The summed E-state index contributed by atoms with van der Waals surface area (Å²) in [4.78, 5) is 2.34. The molecule has 4 aromatic rings. The fourth-order valence-electron chi connectivity index (χ4n) is 4.58. The van der Waals surface area contributed by atoms with Crippen LogP contribution in [0, 0.1) is 6.92 Å². The third-order valence-electron chi connectivity index (χ3n) is 6.10. The number of hydrogen-bond acceptors (Lipinski definition) is 1. The molecule has 5 rings (SSSR count). The highest BCUT2D eigenvalue weighted by atomic mass is 15.1. The Bertz CT molecular complexity index is 1130. The molecule has 142 valence electrons. The minimum absolute atomic E-state index is 0.00819. The highest BCUT2D eigenvalue weighted by molar-refractivity contribution is 5.85. The van der Waals surface area contributed by atoms with Crippen molar-refractivity contribution in [2.75, 3.05) is 4.90 Å². The average Bonchev–Trinajstić information content (AvgIpc) is 2.96. The van der Waals surface area contributed by atoms with E-state index in [4.69, 9.17) is 0 Å². The zero-order chi connectivity index (χ0) is 20.0. The van der Waals surface area contributed by atoms with Gasteiger partial charge < -0.3 is 4.90 Å². The van der Waals surface area contributed by atoms with Crippen LogP contribution in [0.1, 0.15) is 30.5 Å². The predicted molar refractivity (Wildman–Crippen MR) is 123 cm³/mol. The number of para-hydroxylation sites is 2. The Labute approximate surface area is 173 Å². The first-order chi connectivity index (χ1) is 14.1. The van der Waals surface area contributed by atoms with Gasteiger partial charge in [0.2, 0.25) is 0 Å². The van der Waals surface area contributed by atoms with Crippen molar-refractivity contribution in [3.8, 4) is 11.1 Å². The maximum absolute atomic E-state index is 2.38. The molecule has 0 atom stereocenters. The van der Waals surface area contributed by atoms with Gasteiger partial charge in [-0.05, 0) is 65.6 Å². The lowest BCUT2D eigenvalue weighted by Gasteiger charge is -2.28. The largest absolute Gasteiger partial charge is 0.310 e. The zero-order valence-electron chi connectivity index (χ0n) is 17.2. The van der Waals surface area contributed by atoms with Crippen molar-refractivity contribution in [3.63, 3.8) is 0 Å². The quantitative estimate of drug-likeness (QED) is 0.353. The lowest BCUT2D eigenvalue weighted by molar-refractivity contribution is 0.660. The van der Waals surface area contributed by atoms with Crippen LogP contribution in [0.2, 0.25) is 0 Å². The molecule has 0 N–H and O–H groups in total. The molecule has 0 radical (unpaired) electrons. The number of hydrogen-bond donors (Lipinski definition) is 0. The van der Waals surface area contributed by atoms with Crippen LogP contribution in [0.5, 0.6) is 0 Å². The smallest absolute Gasteiger partial charge is 0.0465 e. The number of benzene rings is 4. The molecule has 0 amide bonds. The minimum Gasteiger partial charge on any atom is -0.310 e. The van der Waals surface area contributed by atoms with Crippen LogP contribution < -0.4 is 4.90 Å². The van der Waals surface area contributed by atoms with Crippen LogP contribution in [-0.2, 0) is 5.41 Å². The fraction of sp³-hybridized carbons (Fsp3) is 0.143. The van der Waals surface area contributed by atoms with Gasteiger partial charge in [-0.1, -0.05) is 80.1 Å². The summed E-state index contributed by atoms with van der Waals surface area (Å²) in [5.74, 6) is 0. The molecule has 0 saturated heterocycles. The second kappa shape index (κ2) is 6.63. The highest BCUT2D eigenvalue weighted by Gasteiger charge is 2.36. The summed E-state index contributed by atoms with van der Waals surface area (Å²) in [5, 5.41) is 0. The zero-order valence-corrected chi connectivity index (χ0v) is 17.2. The number of nitrogens with zero attached hydrogens (tertiary/aromatic N) is 1. The van der Waals surface area contributed by atoms with Gasteiger partial charge in [-0.25, -0.2) is 0 Å². The molecule has 1 nitrogen and oxygen atoms in total. The summed E-state index contributed by atoms with van der Waals surface area (Å²) in [5.41, 5.74) is 10.4. The van der Waals surface area contributed by atoms with Crippen molar-refractivity contribution in [1.29, 1.82) is 0 Å². The monoisotopic (exact) mass is 375 g/mol. The standard InChI is InChI=1S/C28H25N/c1-20-14-16-24-25-17-15-23(19-27(25)28(2,3)26(24)18-20)29(21-10-6-4-7-11-21)22-12-8-5-9-13-22/h4-19H,1-3H3. The fourth-order valence-corrected chi connectivity index (χ4v) is 4.58. The van der Waals surface area contributed by atoms with Crippen LogP contribution >= 0.6 is 0 Å². The van der Waals surface area contributed by atoms with Crippen molar-refractivity contribution in [3.05, 3.63) is 114 Å². The summed E-state index contributed by atoms with van der Waals surface area (Å²) in [6.07, 6.45) is 0. The van der Waals surface area contributed by atoms with Gasteiger partial charge in [0.1, 0.15) is 0 Å². The van der Waals surface area contributed by atoms with E-state index in [-0.39, 0.29) is 5.41 Å². The van der Waals surface area contributed by atoms with E-state index in [1.54, 1.807) is 0 Å². The SMILES string of the molecule is Cc1ccc2c(c1)C(C)(C)c1cc(N(c3ccccc3)c3ccccc3)ccc1-2. The molecule has 1 aliphatic carbocycles. The first-order valence-corrected chi connectivity index (χ1v) is 10.2. The van der Waals surface area contributed by atoms with Crippen LogP contribution in [0.25, 0.3) is 11.1 Å². The van der Waals surface area contributed by atoms with Gasteiger partial charge in [-0.3, -0.25) is 0 Å². The molecule has 0 saturated carbocycles. The molecule has 1 aliphatic rings. The van der Waals surface area contributed by atoms with E-state index in [9.17, 15) is 0 Å². The van der Waals surface area contributed by atoms with E-state index in [2.05, 4.69) is 123 Å². The van der Waals surface area contributed by atoms with E-state index in [0.717, 1.165) is 0 Å². The Hall–Kier alpha value is -3.32. The molecule has 1 heteroatoms. The molecule has 29 heavy (non-hydrogen) atoms. The maximum Gasteiger partial charge on any atom is 0.0465 e. The topological polar surface area (TPSA) is 3.24 Å². The second-order valence-electron chi connectivity index (χ2n) is 8.41. The first kappa shape index (κ1) is 17.8. The van der Waals surface area contributed by atoms with Gasteiger partial charge in [0, 0.05) is 22.5 Å². The predicted octanol–water partition coefficient (Wildman–Crippen LogP) is 7.77. The van der Waals surface area contributed by atoms with Crippen LogP contribution in [0.15, 0.2) is 97.1 Å². The molecule has 0 unspecified atom stereocenters. The minimum atomic E-state index is -0.00819. The number of fused-ring (bicyclic) bond motifs is 3. The van der Waals surface area contributed by atoms with Gasteiger partial charge in [-0.2, -0.15) is 0 Å². The summed E-state index contributed by atoms with van der Waals surface area (Å²) in [7, 11) is 0. The van der Waals surface area contributed by atoms with E-state index >= 15 is 0 Å². The van der Waals surface area contributed by atoms with E-state index < -0.39 is 0 Å². The number of aryl methyl sites for hydroxylation is 1. The molecule has 0 fully saturated rings. The molecular formula is C28H25N. The maximum atomic E-state index is 2.38. The second-order valence-corrected chi connectivity index (χ2v) is 8.41. The average molecular weight is 376 g/mol. The van der Waals surface area contributed by atoms with Crippen LogP contribution in [-0.4, -0.2) is 0 Å². The van der Waals surface area contributed by atoms with Crippen molar-refractivity contribution >= 4 is 17.1 Å². The van der Waals surface area contributed by atoms with Crippen LogP contribution in [0.4, 0.5) is 17.1 Å². The Morgan fingerprint density at radius 1 is 0.552 bits per heavy atom. The Balaban J connectivity index is 1.69. The number of anilines is 3. The molecular weight excluding hydrogens is 350 g/mol. The summed E-state index contributed by atoms with van der Waals surface area (Å²) < 4.78 is 0. The Kier molecular flexibility index (Phi) is 4.06. The third-order valence-corrected chi connectivity index (χ3v) is 6.10. The van der Waals surface area contributed by atoms with Gasteiger partial charge in [0.05, 0.1) is 0 Å². The molecule has 0 heterocycles. The molecule has 0 aliphatic heterocycles. The van der Waals surface area contributed by atoms with E-state index in [1.807, 2.05) is 0 Å². The van der Waals surface area contributed by atoms with Gasteiger partial charge in [0.25, 0.3) is 0 Å². The van der Waals surface area contributed by atoms with Crippen molar-refractivity contribution in [2.24, 2.45) is 0 Å². The van der Waals surface area contributed by atoms with Crippen molar-refractivity contribution in [1.82, 2.24) is 0 Å². The third kappa shape index (κ3) is 2.86.